The molecule has 14 heavy (non-hydrogen) atoms. The summed E-state index contributed by atoms with van der Waals surface area (Å²) in [5, 5.41) is 3.79. The number of rotatable bonds is 2. The summed E-state index contributed by atoms with van der Waals surface area (Å²) in [5.74, 6) is 1.49. The van der Waals surface area contributed by atoms with E-state index in [0.29, 0.717) is 0 Å². The molecule has 1 heterocycles. The molecule has 0 bridgehead atoms. The summed E-state index contributed by atoms with van der Waals surface area (Å²) >= 11 is 0. The van der Waals surface area contributed by atoms with Crippen LogP contribution in [0.15, 0.2) is 4.52 Å². The molecule has 0 unspecified atom stereocenters. The number of hydrogen-bond donors (Lipinski definition) is 0. The molecule has 4 heteroatoms. The Balaban J connectivity index is 0.000000461. The highest BCUT2D eigenvalue weighted by atomic mass is 16.5. The van der Waals surface area contributed by atoms with E-state index in [1.54, 1.807) is 0 Å². The monoisotopic (exact) mass is 197 g/mol. The van der Waals surface area contributed by atoms with E-state index in [-0.39, 0.29) is 5.54 Å². The summed E-state index contributed by atoms with van der Waals surface area (Å²) in [5.41, 5.74) is 0.0568. The van der Waals surface area contributed by atoms with Crippen LogP contribution in [0.4, 0.5) is 0 Å². The Morgan fingerprint density at radius 3 is 2.14 bits per heavy atom. The van der Waals surface area contributed by atoms with Gasteiger partial charge in [-0.05, 0) is 33.9 Å². The lowest BCUT2D eigenvalue weighted by molar-refractivity contribution is 0.208. The predicted octanol–water partition coefficient (Wildman–Crippen LogP) is 1.95. The van der Waals surface area contributed by atoms with Crippen LogP contribution in [0, 0.1) is 6.92 Å². The van der Waals surface area contributed by atoms with Gasteiger partial charge in [-0.2, -0.15) is 4.98 Å². The summed E-state index contributed by atoms with van der Waals surface area (Å²) in [6.45, 7) is 5.85. The van der Waals surface area contributed by atoms with Crippen molar-refractivity contribution in [2.75, 3.05) is 14.1 Å². The number of nitrogens with zero attached hydrogens (tertiary/aromatic N) is 3. The minimum absolute atomic E-state index is 0.0568. The van der Waals surface area contributed by atoms with Crippen molar-refractivity contribution in [3.63, 3.8) is 0 Å². The molecule has 80 valence electrons. The molecule has 1 aliphatic rings. The normalized spacial score (nSPS) is 17.6. The van der Waals surface area contributed by atoms with Gasteiger partial charge < -0.3 is 4.52 Å². The first-order chi connectivity index (χ1) is 6.65. The van der Waals surface area contributed by atoms with E-state index in [4.69, 9.17) is 4.52 Å². The van der Waals surface area contributed by atoms with E-state index in [0.717, 1.165) is 24.6 Å². The van der Waals surface area contributed by atoms with Gasteiger partial charge in [0.1, 0.15) is 5.54 Å². The van der Waals surface area contributed by atoms with E-state index in [2.05, 4.69) is 15.0 Å². The average molecular weight is 197 g/mol. The van der Waals surface area contributed by atoms with E-state index in [1.807, 2.05) is 34.9 Å². The smallest absolute Gasteiger partial charge is 0.247 e. The summed E-state index contributed by atoms with van der Waals surface area (Å²) in [7, 11) is 4.10. The van der Waals surface area contributed by atoms with Crippen molar-refractivity contribution in [2.45, 2.75) is 39.2 Å². The topological polar surface area (TPSA) is 42.2 Å². The fraction of sp³-hybridized carbons (Fsp3) is 0.800. The summed E-state index contributed by atoms with van der Waals surface area (Å²) in [6.07, 6.45) is 2.25. The Bertz CT molecular complexity index is 289. The lowest BCUT2D eigenvalue weighted by Gasteiger charge is -2.18. The Morgan fingerprint density at radius 1 is 1.29 bits per heavy atom. The molecule has 0 N–H and O–H groups in total. The number of hydrogen-bond acceptors (Lipinski definition) is 4. The van der Waals surface area contributed by atoms with Crippen LogP contribution >= 0.6 is 0 Å². The molecule has 1 saturated carbocycles. The zero-order chi connectivity index (χ0) is 10.8. The third-order valence-electron chi connectivity index (χ3n) is 2.51. The molecule has 0 atom stereocenters. The Kier molecular flexibility index (Phi) is 3.26. The predicted molar refractivity (Wildman–Crippen MR) is 55.0 cm³/mol. The molecule has 0 spiro atoms. The van der Waals surface area contributed by atoms with E-state index in [9.17, 15) is 0 Å². The summed E-state index contributed by atoms with van der Waals surface area (Å²) in [6, 6.07) is 0. The third-order valence-corrected chi connectivity index (χ3v) is 2.51. The molecule has 1 aromatic rings. The quantitative estimate of drug-likeness (QED) is 0.726. The van der Waals surface area contributed by atoms with Gasteiger partial charge in [-0.25, -0.2) is 0 Å². The first kappa shape index (κ1) is 11.2. The maximum atomic E-state index is 5.15. The van der Waals surface area contributed by atoms with Gasteiger partial charge in [-0.15, -0.1) is 0 Å². The summed E-state index contributed by atoms with van der Waals surface area (Å²) in [4.78, 5) is 6.40. The fourth-order valence-corrected chi connectivity index (χ4v) is 1.46. The Labute approximate surface area is 85.3 Å². The molecule has 1 aliphatic carbocycles. The van der Waals surface area contributed by atoms with Gasteiger partial charge >= 0.3 is 0 Å². The second-order valence-electron chi connectivity index (χ2n) is 3.57. The highest BCUT2D eigenvalue weighted by Crippen LogP contribution is 2.48. The number of aromatic nitrogens is 2. The second kappa shape index (κ2) is 4.09. The molecular weight excluding hydrogens is 178 g/mol. The maximum absolute atomic E-state index is 5.15. The van der Waals surface area contributed by atoms with Crippen LogP contribution in [0.1, 0.15) is 38.4 Å². The zero-order valence-corrected chi connectivity index (χ0v) is 9.66. The van der Waals surface area contributed by atoms with Crippen molar-refractivity contribution in [3.05, 3.63) is 11.7 Å². The van der Waals surface area contributed by atoms with Crippen molar-refractivity contribution in [2.24, 2.45) is 0 Å². The van der Waals surface area contributed by atoms with Crippen molar-refractivity contribution in [3.8, 4) is 0 Å². The minimum atomic E-state index is 0.0568. The van der Waals surface area contributed by atoms with Gasteiger partial charge in [0.15, 0.2) is 5.82 Å². The minimum Gasteiger partial charge on any atom is -0.337 e. The van der Waals surface area contributed by atoms with Gasteiger partial charge in [0, 0.05) is 0 Å². The molecule has 0 aromatic carbocycles. The number of aryl methyl sites for hydroxylation is 1. The van der Waals surface area contributed by atoms with Crippen LogP contribution in [0.25, 0.3) is 0 Å². The fourth-order valence-electron chi connectivity index (χ4n) is 1.46. The molecule has 0 amide bonds. The van der Waals surface area contributed by atoms with E-state index >= 15 is 0 Å². The van der Waals surface area contributed by atoms with Crippen LogP contribution < -0.4 is 0 Å². The van der Waals surface area contributed by atoms with Crippen molar-refractivity contribution in [1.82, 2.24) is 15.0 Å². The Hall–Kier alpha value is -0.900. The van der Waals surface area contributed by atoms with Crippen LogP contribution in [-0.4, -0.2) is 29.1 Å². The van der Waals surface area contributed by atoms with Crippen molar-refractivity contribution < 1.29 is 4.52 Å². The molecule has 1 fully saturated rings. The van der Waals surface area contributed by atoms with Crippen LogP contribution in [0.5, 0.6) is 0 Å². The van der Waals surface area contributed by atoms with Gasteiger partial charge in [-0.1, -0.05) is 19.0 Å². The van der Waals surface area contributed by atoms with Crippen LogP contribution in [-0.2, 0) is 5.54 Å². The van der Waals surface area contributed by atoms with Crippen LogP contribution in [0.2, 0.25) is 0 Å². The van der Waals surface area contributed by atoms with Crippen molar-refractivity contribution in [1.29, 1.82) is 0 Å². The highest BCUT2D eigenvalue weighted by Gasteiger charge is 2.51. The zero-order valence-electron chi connectivity index (χ0n) is 9.66. The van der Waals surface area contributed by atoms with Gasteiger partial charge in [0.25, 0.3) is 0 Å². The standard InChI is InChI=1S/C8H13N3O.C2H6/c1-6-9-7(12-10-6)8(4-5-8)11(2)3;1-2/h4-5H2,1-3H3;1-2H3. The summed E-state index contributed by atoms with van der Waals surface area (Å²) < 4.78 is 5.15. The second-order valence-corrected chi connectivity index (χ2v) is 3.57. The first-order valence-electron chi connectivity index (χ1n) is 5.13. The molecule has 0 saturated heterocycles. The molecule has 1 aromatic heterocycles. The maximum Gasteiger partial charge on any atom is 0.247 e. The highest BCUT2D eigenvalue weighted by molar-refractivity contribution is 5.13. The van der Waals surface area contributed by atoms with Gasteiger partial charge in [0.2, 0.25) is 5.89 Å². The van der Waals surface area contributed by atoms with Crippen LogP contribution in [0.3, 0.4) is 0 Å². The average Bonchev–Trinajstić information content (AvgIpc) is 2.89. The largest absolute Gasteiger partial charge is 0.337 e. The molecular formula is C10H19N3O. The molecule has 0 aliphatic heterocycles. The SMILES string of the molecule is CC.Cc1noc(C2(N(C)C)CC2)n1. The molecule has 4 nitrogen and oxygen atoms in total. The lowest BCUT2D eigenvalue weighted by Crippen LogP contribution is -2.27. The van der Waals surface area contributed by atoms with Gasteiger partial charge in [-0.3, -0.25) is 4.90 Å². The lowest BCUT2D eigenvalue weighted by atomic mass is 10.2. The third kappa shape index (κ3) is 1.80. The van der Waals surface area contributed by atoms with Gasteiger partial charge in [0.05, 0.1) is 0 Å². The molecule has 2 rings (SSSR count). The molecule has 0 radical (unpaired) electrons. The first-order valence-corrected chi connectivity index (χ1v) is 5.13. The Morgan fingerprint density at radius 2 is 1.86 bits per heavy atom. The van der Waals surface area contributed by atoms with E-state index < -0.39 is 0 Å². The van der Waals surface area contributed by atoms with E-state index in [1.165, 1.54) is 0 Å². The van der Waals surface area contributed by atoms with Crippen molar-refractivity contribution >= 4 is 0 Å².